The Morgan fingerprint density at radius 3 is 2.46 bits per heavy atom. The number of aliphatic hydroxyl groups excluding tert-OH is 1. The molecule has 26 heavy (non-hydrogen) atoms. The number of nitrogens with one attached hydrogen (secondary N) is 1. The quantitative estimate of drug-likeness (QED) is 0.767. The van der Waals surface area contributed by atoms with Crippen LogP contribution in [0.1, 0.15) is 22.5 Å². The Morgan fingerprint density at radius 2 is 1.92 bits per heavy atom. The average Bonchev–Trinajstić information content (AvgIpc) is 3.03. The van der Waals surface area contributed by atoms with Gasteiger partial charge in [-0.3, -0.25) is 4.79 Å². The summed E-state index contributed by atoms with van der Waals surface area (Å²) in [5, 5.41) is 17.9. The predicted molar refractivity (Wildman–Crippen MR) is 73.2 cm³/mol. The van der Waals surface area contributed by atoms with E-state index < -0.39 is 42.9 Å². The van der Waals surface area contributed by atoms with Crippen molar-refractivity contribution < 1.29 is 36.2 Å². The van der Waals surface area contributed by atoms with Gasteiger partial charge in [-0.1, -0.05) is 5.21 Å². The Kier molecular flexibility index (Phi) is 5.49. The summed E-state index contributed by atoms with van der Waals surface area (Å²) in [6, 6.07) is 1.78. The maximum absolute atomic E-state index is 12.5. The number of rotatable bonds is 5. The van der Waals surface area contributed by atoms with Crippen molar-refractivity contribution in [2.45, 2.75) is 24.9 Å². The van der Waals surface area contributed by atoms with Crippen LogP contribution >= 0.6 is 0 Å². The van der Waals surface area contributed by atoms with Gasteiger partial charge in [0.05, 0.1) is 11.8 Å². The molecule has 0 spiro atoms. The lowest BCUT2D eigenvalue weighted by atomic mass is 10.2. The highest BCUT2D eigenvalue weighted by molar-refractivity contribution is 5.91. The second kappa shape index (κ2) is 7.27. The first kappa shape index (κ1) is 19.6. The van der Waals surface area contributed by atoms with Crippen molar-refractivity contribution in [2.75, 3.05) is 6.54 Å². The van der Waals surface area contributed by atoms with E-state index >= 15 is 0 Å². The van der Waals surface area contributed by atoms with E-state index in [2.05, 4.69) is 20.6 Å². The van der Waals surface area contributed by atoms with Gasteiger partial charge in [0.25, 0.3) is 5.91 Å². The molecule has 1 unspecified atom stereocenters. The van der Waals surface area contributed by atoms with Gasteiger partial charge in [-0.25, -0.2) is 9.67 Å². The monoisotopic (exact) mass is 383 g/mol. The van der Waals surface area contributed by atoms with Crippen molar-refractivity contribution in [1.82, 2.24) is 25.3 Å². The highest BCUT2D eigenvalue weighted by Crippen LogP contribution is 2.28. The van der Waals surface area contributed by atoms with Gasteiger partial charge in [-0.15, -0.1) is 5.10 Å². The molecule has 0 radical (unpaired) electrons. The topological polar surface area (TPSA) is 92.9 Å². The first-order chi connectivity index (χ1) is 12.0. The number of carbonyl (C=O) groups is 1. The van der Waals surface area contributed by atoms with E-state index in [9.17, 15) is 31.1 Å². The smallest absolute Gasteiger partial charge is 0.384 e. The number of hydrogen-bond acceptors (Lipinski definition) is 5. The van der Waals surface area contributed by atoms with Crippen molar-refractivity contribution in [1.29, 1.82) is 0 Å². The van der Waals surface area contributed by atoms with Crippen LogP contribution in [-0.2, 0) is 6.18 Å². The van der Waals surface area contributed by atoms with Crippen LogP contribution in [0.4, 0.5) is 26.3 Å². The molecule has 1 atom stereocenters. The van der Waals surface area contributed by atoms with Crippen LogP contribution in [0, 0.1) is 0 Å². The number of aromatic nitrogens is 4. The van der Waals surface area contributed by atoms with E-state index in [0.29, 0.717) is 6.20 Å². The molecule has 13 heteroatoms. The van der Waals surface area contributed by atoms with E-state index in [1.165, 1.54) is 0 Å². The third-order valence-electron chi connectivity index (χ3n) is 3.12. The van der Waals surface area contributed by atoms with Gasteiger partial charge in [-0.05, 0) is 18.6 Å². The Balaban J connectivity index is 1.97. The zero-order chi connectivity index (χ0) is 19.5. The lowest BCUT2D eigenvalue weighted by Gasteiger charge is -2.14. The van der Waals surface area contributed by atoms with Crippen LogP contribution in [0.2, 0.25) is 0 Å². The number of alkyl halides is 6. The molecule has 0 aliphatic carbocycles. The van der Waals surface area contributed by atoms with E-state index in [1.54, 1.807) is 0 Å². The number of nitrogens with zero attached hydrogens (tertiary/aromatic N) is 4. The molecule has 2 rings (SSSR count). The largest absolute Gasteiger partial charge is 0.417 e. The van der Waals surface area contributed by atoms with E-state index in [1.807, 2.05) is 0 Å². The van der Waals surface area contributed by atoms with E-state index in [-0.39, 0.29) is 11.5 Å². The van der Waals surface area contributed by atoms with Crippen molar-refractivity contribution in [2.24, 2.45) is 0 Å². The van der Waals surface area contributed by atoms with Gasteiger partial charge in [-0.2, -0.15) is 26.3 Å². The summed E-state index contributed by atoms with van der Waals surface area (Å²) in [4.78, 5) is 15.3. The second-order valence-corrected chi connectivity index (χ2v) is 5.05. The predicted octanol–water partition coefficient (Wildman–Crippen LogP) is 1.72. The molecule has 2 aromatic heterocycles. The lowest BCUT2D eigenvalue weighted by Crippen LogP contribution is -2.34. The fourth-order valence-electron chi connectivity index (χ4n) is 1.75. The maximum Gasteiger partial charge on any atom is 0.417 e. The molecular formula is C13H11F6N5O2. The van der Waals surface area contributed by atoms with Crippen molar-refractivity contribution in [3.8, 4) is 5.82 Å². The molecule has 7 nitrogen and oxygen atoms in total. The minimum Gasteiger partial charge on any atom is -0.384 e. The summed E-state index contributed by atoms with van der Waals surface area (Å²) in [6.07, 6.45) is -11.0. The number of pyridine rings is 1. The van der Waals surface area contributed by atoms with Crippen LogP contribution in [0.15, 0.2) is 24.5 Å². The molecule has 2 N–H and O–H groups in total. The van der Waals surface area contributed by atoms with Crippen LogP contribution < -0.4 is 5.32 Å². The standard InChI is InChI=1S/C13H11F6N5O2/c14-12(15,16)7-1-2-10(21-5-7)24-6-8(22-23-24)11(26)20-4-3-9(25)13(17,18)19/h1-2,5-6,9,25H,3-4H2,(H,20,26). The molecule has 0 saturated carbocycles. The summed E-state index contributed by atoms with van der Waals surface area (Å²) in [5.74, 6) is -0.908. The SMILES string of the molecule is O=C(NCCC(O)C(F)(F)F)c1cn(-c2ccc(C(F)(F)F)cn2)nn1. The fraction of sp³-hybridized carbons (Fsp3) is 0.385. The third-order valence-corrected chi connectivity index (χ3v) is 3.12. The summed E-state index contributed by atoms with van der Waals surface area (Å²) < 4.78 is 74.7. The van der Waals surface area contributed by atoms with Gasteiger partial charge >= 0.3 is 12.4 Å². The van der Waals surface area contributed by atoms with Gasteiger partial charge in [0.2, 0.25) is 0 Å². The Bertz CT molecular complexity index is 756. The molecule has 142 valence electrons. The van der Waals surface area contributed by atoms with Gasteiger partial charge in [0.1, 0.15) is 0 Å². The van der Waals surface area contributed by atoms with E-state index in [0.717, 1.165) is 23.0 Å². The van der Waals surface area contributed by atoms with Crippen molar-refractivity contribution >= 4 is 5.91 Å². The van der Waals surface area contributed by atoms with Crippen LogP contribution in [0.3, 0.4) is 0 Å². The molecule has 0 aromatic carbocycles. The first-order valence-corrected chi connectivity index (χ1v) is 6.97. The molecule has 0 aliphatic heterocycles. The molecule has 2 aromatic rings. The van der Waals surface area contributed by atoms with Gasteiger partial charge < -0.3 is 10.4 Å². The van der Waals surface area contributed by atoms with Gasteiger partial charge in [0, 0.05) is 12.7 Å². The van der Waals surface area contributed by atoms with E-state index in [4.69, 9.17) is 5.11 Å². The number of halogens is 6. The molecule has 2 heterocycles. The summed E-state index contributed by atoms with van der Waals surface area (Å²) in [7, 11) is 0. The lowest BCUT2D eigenvalue weighted by molar-refractivity contribution is -0.204. The maximum atomic E-state index is 12.5. The summed E-state index contributed by atoms with van der Waals surface area (Å²) >= 11 is 0. The number of hydrogen-bond donors (Lipinski definition) is 2. The average molecular weight is 383 g/mol. The van der Waals surface area contributed by atoms with Crippen LogP contribution in [0.5, 0.6) is 0 Å². The minimum atomic E-state index is -4.79. The zero-order valence-electron chi connectivity index (χ0n) is 12.7. The van der Waals surface area contributed by atoms with Gasteiger partial charge in [0.15, 0.2) is 17.6 Å². The summed E-state index contributed by atoms with van der Waals surface area (Å²) in [6.45, 7) is -0.467. The van der Waals surface area contributed by atoms with Crippen molar-refractivity contribution in [3.63, 3.8) is 0 Å². The molecular weight excluding hydrogens is 372 g/mol. The fourth-order valence-corrected chi connectivity index (χ4v) is 1.75. The Hall–Kier alpha value is -2.70. The highest BCUT2D eigenvalue weighted by Gasteiger charge is 2.37. The number of aliphatic hydroxyl groups is 1. The molecule has 0 bridgehead atoms. The van der Waals surface area contributed by atoms with Crippen molar-refractivity contribution in [3.05, 3.63) is 35.8 Å². The number of carbonyl (C=O) groups excluding carboxylic acids is 1. The Morgan fingerprint density at radius 1 is 1.23 bits per heavy atom. The highest BCUT2D eigenvalue weighted by atomic mass is 19.4. The molecule has 0 fully saturated rings. The number of amides is 1. The second-order valence-electron chi connectivity index (χ2n) is 5.05. The molecule has 0 aliphatic rings. The first-order valence-electron chi connectivity index (χ1n) is 6.97. The molecule has 0 saturated heterocycles. The molecule has 1 amide bonds. The minimum absolute atomic E-state index is 0.0444. The van der Waals surface area contributed by atoms with Crippen LogP contribution in [-0.4, -0.2) is 49.8 Å². The summed E-state index contributed by atoms with van der Waals surface area (Å²) in [5.41, 5.74) is -1.25. The van der Waals surface area contributed by atoms with Crippen LogP contribution in [0.25, 0.3) is 5.82 Å². The normalized spacial score (nSPS) is 13.5. The third kappa shape index (κ3) is 4.91. The zero-order valence-corrected chi connectivity index (χ0v) is 12.7. The Labute approximate surface area is 141 Å².